The van der Waals surface area contributed by atoms with Gasteiger partial charge in [0.05, 0.1) is 11.7 Å². The molecule has 5 nitrogen and oxygen atoms in total. The minimum absolute atomic E-state index is 0.0368. The fraction of sp³-hybridized carbons (Fsp3) is 0.412. The van der Waals surface area contributed by atoms with Crippen molar-refractivity contribution < 1.29 is 9.53 Å². The van der Waals surface area contributed by atoms with Gasteiger partial charge in [0.25, 0.3) is 5.91 Å². The van der Waals surface area contributed by atoms with Gasteiger partial charge in [-0.1, -0.05) is 18.2 Å². The molecule has 0 N–H and O–H groups in total. The molecule has 1 fully saturated rings. The standard InChI is InChI=1S/C17H21N3O2/c1-19-15(10-11-18-19)16-9-5-6-12-20(16)17(21)13-22-14-7-3-2-4-8-14/h2-4,7-8,10-11,16H,5-6,9,12-13H2,1H3. The Morgan fingerprint density at radius 1 is 1.27 bits per heavy atom. The molecular weight excluding hydrogens is 278 g/mol. The van der Waals surface area contributed by atoms with Crippen molar-refractivity contribution >= 4 is 5.91 Å². The van der Waals surface area contributed by atoms with Gasteiger partial charge in [0.1, 0.15) is 5.75 Å². The number of piperidine rings is 1. The van der Waals surface area contributed by atoms with Crippen LogP contribution in [-0.4, -0.2) is 33.7 Å². The minimum Gasteiger partial charge on any atom is -0.484 e. The van der Waals surface area contributed by atoms with Gasteiger partial charge in [-0.05, 0) is 37.5 Å². The molecule has 1 aliphatic rings. The number of hydrogen-bond acceptors (Lipinski definition) is 3. The van der Waals surface area contributed by atoms with Crippen molar-refractivity contribution in [2.75, 3.05) is 13.2 Å². The fourth-order valence-electron chi connectivity index (χ4n) is 2.99. The van der Waals surface area contributed by atoms with Crippen molar-refractivity contribution in [3.05, 3.63) is 48.3 Å². The van der Waals surface area contributed by atoms with Gasteiger partial charge in [-0.15, -0.1) is 0 Å². The Balaban J connectivity index is 1.68. The van der Waals surface area contributed by atoms with E-state index in [0.29, 0.717) is 0 Å². The highest BCUT2D eigenvalue weighted by molar-refractivity contribution is 5.78. The minimum atomic E-state index is 0.0368. The van der Waals surface area contributed by atoms with Crippen LogP contribution in [0, 0.1) is 0 Å². The maximum atomic E-state index is 12.6. The Morgan fingerprint density at radius 2 is 2.09 bits per heavy atom. The molecule has 0 aliphatic carbocycles. The molecule has 1 atom stereocenters. The normalized spacial score (nSPS) is 18.2. The highest BCUT2D eigenvalue weighted by Gasteiger charge is 2.29. The first kappa shape index (κ1) is 14.6. The molecule has 22 heavy (non-hydrogen) atoms. The number of carbonyl (C=O) groups is 1. The second-order valence-electron chi connectivity index (χ2n) is 5.58. The van der Waals surface area contributed by atoms with Gasteiger partial charge in [-0.25, -0.2) is 0 Å². The number of likely N-dealkylation sites (tertiary alicyclic amines) is 1. The van der Waals surface area contributed by atoms with Crippen LogP contribution < -0.4 is 4.74 Å². The number of ether oxygens (including phenoxy) is 1. The first-order valence-corrected chi connectivity index (χ1v) is 7.71. The van der Waals surface area contributed by atoms with E-state index in [0.717, 1.165) is 37.3 Å². The summed E-state index contributed by atoms with van der Waals surface area (Å²) in [6.45, 7) is 0.866. The second-order valence-corrected chi connectivity index (χ2v) is 5.58. The number of benzene rings is 1. The number of aryl methyl sites for hydroxylation is 1. The maximum Gasteiger partial charge on any atom is 0.261 e. The Labute approximate surface area is 130 Å². The maximum absolute atomic E-state index is 12.6. The van der Waals surface area contributed by atoms with Gasteiger partial charge >= 0.3 is 0 Å². The number of para-hydroxylation sites is 1. The number of aromatic nitrogens is 2. The molecule has 0 saturated carbocycles. The van der Waals surface area contributed by atoms with Gasteiger partial charge in [-0.2, -0.15) is 5.10 Å². The molecule has 1 aliphatic heterocycles. The van der Waals surface area contributed by atoms with Gasteiger partial charge in [0.15, 0.2) is 6.61 Å². The molecule has 0 spiro atoms. The third-order valence-corrected chi connectivity index (χ3v) is 4.13. The van der Waals surface area contributed by atoms with E-state index in [1.54, 1.807) is 6.20 Å². The predicted octanol–water partition coefficient (Wildman–Crippen LogP) is 2.55. The van der Waals surface area contributed by atoms with Gasteiger partial charge < -0.3 is 9.64 Å². The molecule has 1 aromatic carbocycles. The van der Waals surface area contributed by atoms with E-state index in [1.165, 1.54) is 0 Å². The molecule has 2 heterocycles. The largest absolute Gasteiger partial charge is 0.484 e. The van der Waals surface area contributed by atoms with E-state index in [1.807, 2.05) is 53.0 Å². The molecule has 5 heteroatoms. The van der Waals surface area contributed by atoms with Crippen LogP contribution in [0.2, 0.25) is 0 Å². The Morgan fingerprint density at radius 3 is 2.82 bits per heavy atom. The van der Waals surface area contributed by atoms with Crippen molar-refractivity contribution in [2.45, 2.75) is 25.3 Å². The van der Waals surface area contributed by atoms with Crippen LogP contribution in [0.25, 0.3) is 0 Å². The van der Waals surface area contributed by atoms with Crippen LogP contribution in [0.4, 0.5) is 0 Å². The first-order valence-electron chi connectivity index (χ1n) is 7.71. The van der Waals surface area contributed by atoms with Gasteiger partial charge in [-0.3, -0.25) is 9.48 Å². The molecule has 1 amide bonds. The smallest absolute Gasteiger partial charge is 0.261 e. The summed E-state index contributed by atoms with van der Waals surface area (Å²) < 4.78 is 7.46. The van der Waals surface area contributed by atoms with Crippen LogP contribution in [0.3, 0.4) is 0 Å². The Hall–Kier alpha value is -2.30. The Kier molecular flexibility index (Phi) is 4.42. The van der Waals surface area contributed by atoms with Crippen molar-refractivity contribution in [1.29, 1.82) is 0 Å². The monoisotopic (exact) mass is 299 g/mol. The number of nitrogens with zero attached hydrogens (tertiary/aromatic N) is 3. The second kappa shape index (κ2) is 6.64. The van der Waals surface area contributed by atoms with E-state index >= 15 is 0 Å². The quantitative estimate of drug-likeness (QED) is 0.871. The number of amides is 1. The summed E-state index contributed by atoms with van der Waals surface area (Å²) in [6.07, 6.45) is 4.95. The molecule has 1 unspecified atom stereocenters. The van der Waals surface area contributed by atoms with E-state index in [4.69, 9.17) is 4.74 Å². The zero-order valence-electron chi connectivity index (χ0n) is 12.8. The van der Waals surface area contributed by atoms with Crippen LogP contribution in [0.15, 0.2) is 42.6 Å². The average Bonchev–Trinajstić information content (AvgIpc) is 2.99. The highest BCUT2D eigenvalue weighted by Crippen LogP contribution is 2.30. The summed E-state index contributed by atoms with van der Waals surface area (Å²) in [6, 6.07) is 11.6. The molecule has 3 rings (SSSR count). The summed E-state index contributed by atoms with van der Waals surface area (Å²) in [7, 11) is 1.92. The topological polar surface area (TPSA) is 47.4 Å². The Bertz CT molecular complexity index is 624. The third-order valence-electron chi connectivity index (χ3n) is 4.13. The van der Waals surface area contributed by atoms with E-state index in [2.05, 4.69) is 5.10 Å². The molecule has 0 radical (unpaired) electrons. The number of carbonyl (C=O) groups excluding carboxylic acids is 1. The lowest BCUT2D eigenvalue weighted by Crippen LogP contribution is -2.41. The molecular formula is C17H21N3O2. The van der Waals surface area contributed by atoms with Crippen LogP contribution in [0.5, 0.6) is 5.75 Å². The highest BCUT2D eigenvalue weighted by atomic mass is 16.5. The number of hydrogen-bond donors (Lipinski definition) is 0. The summed E-state index contributed by atoms with van der Waals surface area (Å²) in [5.74, 6) is 0.764. The number of rotatable bonds is 4. The summed E-state index contributed by atoms with van der Waals surface area (Å²) >= 11 is 0. The molecule has 2 aromatic rings. The SMILES string of the molecule is Cn1nccc1C1CCCCN1C(=O)COc1ccccc1. The van der Waals surface area contributed by atoms with Crippen LogP contribution in [0.1, 0.15) is 31.0 Å². The average molecular weight is 299 g/mol. The summed E-state index contributed by atoms with van der Waals surface area (Å²) in [5, 5.41) is 4.23. The summed E-state index contributed by atoms with van der Waals surface area (Å²) in [4.78, 5) is 14.5. The van der Waals surface area contributed by atoms with Crippen molar-refractivity contribution in [3.63, 3.8) is 0 Å². The van der Waals surface area contributed by atoms with Crippen LogP contribution >= 0.6 is 0 Å². The van der Waals surface area contributed by atoms with E-state index in [-0.39, 0.29) is 18.6 Å². The van der Waals surface area contributed by atoms with Crippen molar-refractivity contribution in [3.8, 4) is 5.75 Å². The zero-order chi connectivity index (χ0) is 15.4. The molecule has 0 bridgehead atoms. The van der Waals surface area contributed by atoms with Crippen LogP contribution in [-0.2, 0) is 11.8 Å². The molecule has 116 valence electrons. The van der Waals surface area contributed by atoms with Gasteiger partial charge in [0, 0.05) is 19.8 Å². The first-order chi connectivity index (χ1) is 10.8. The van der Waals surface area contributed by atoms with E-state index < -0.39 is 0 Å². The zero-order valence-corrected chi connectivity index (χ0v) is 12.8. The predicted molar refractivity (Wildman–Crippen MR) is 83.5 cm³/mol. The summed E-state index contributed by atoms with van der Waals surface area (Å²) in [5.41, 5.74) is 1.09. The lowest BCUT2D eigenvalue weighted by atomic mass is 9.99. The van der Waals surface area contributed by atoms with E-state index in [9.17, 15) is 4.79 Å². The fourth-order valence-corrected chi connectivity index (χ4v) is 2.99. The van der Waals surface area contributed by atoms with Crippen molar-refractivity contribution in [1.82, 2.24) is 14.7 Å². The molecule has 1 saturated heterocycles. The lowest BCUT2D eigenvalue weighted by Gasteiger charge is -2.35. The lowest BCUT2D eigenvalue weighted by molar-refractivity contribution is -0.137. The van der Waals surface area contributed by atoms with Crippen molar-refractivity contribution in [2.24, 2.45) is 7.05 Å². The van der Waals surface area contributed by atoms with Gasteiger partial charge in [0.2, 0.25) is 0 Å². The molecule has 1 aromatic heterocycles. The third kappa shape index (κ3) is 3.13.